The zero-order chi connectivity index (χ0) is 18.7. The molecule has 0 radical (unpaired) electrons. The van der Waals surface area contributed by atoms with E-state index in [1.807, 2.05) is 6.92 Å². The van der Waals surface area contributed by atoms with Gasteiger partial charge in [-0.3, -0.25) is 4.90 Å². The molecule has 2 heterocycles. The Kier molecular flexibility index (Phi) is 5.13. The van der Waals surface area contributed by atoms with Crippen LogP contribution in [0, 0.1) is 0 Å². The Bertz CT molecular complexity index is 796. The third-order valence-electron chi connectivity index (χ3n) is 4.29. The van der Waals surface area contributed by atoms with Crippen LogP contribution in [0.5, 0.6) is 0 Å². The van der Waals surface area contributed by atoms with E-state index in [0.29, 0.717) is 16.9 Å². The molecule has 0 saturated heterocycles. The SMILES string of the molecule is CCC(Nc1nc(N)ncc1-c1cccc(C(F)(F)F)c1)N1CC=CC1. The predicted octanol–water partition coefficient (Wildman–Crippen LogP) is 3.76. The van der Waals surface area contributed by atoms with E-state index < -0.39 is 11.7 Å². The molecule has 8 heteroatoms. The third-order valence-corrected chi connectivity index (χ3v) is 4.29. The van der Waals surface area contributed by atoms with E-state index in [-0.39, 0.29) is 12.1 Å². The van der Waals surface area contributed by atoms with Gasteiger partial charge in [0.1, 0.15) is 5.82 Å². The number of rotatable bonds is 5. The average Bonchev–Trinajstić information content (AvgIpc) is 3.13. The van der Waals surface area contributed by atoms with E-state index in [2.05, 4.69) is 32.3 Å². The lowest BCUT2D eigenvalue weighted by Crippen LogP contribution is -2.39. The van der Waals surface area contributed by atoms with Gasteiger partial charge in [0, 0.05) is 24.8 Å². The van der Waals surface area contributed by atoms with Crippen LogP contribution in [0.15, 0.2) is 42.6 Å². The number of hydrogen-bond acceptors (Lipinski definition) is 5. The fraction of sp³-hybridized carbons (Fsp3) is 0.333. The van der Waals surface area contributed by atoms with Crippen LogP contribution in [0.2, 0.25) is 0 Å². The normalized spacial score (nSPS) is 16.0. The fourth-order valence-electron chi connectivity index (χ4n) is 2.94. The lowest BCUT2D eigenvalue weighted by Gasteiger charge is -2.28. The van der Waals surface area contributed by atoms with Crippen molar-refractivity contribution >= 4 is 11.8 Å². The van der Waals surface area contributed by atoms with Crippen LogP contribution in [0.1, 0.15) is 18.9 Å². The van der Waals surface area contributed by atoms with Crippen LogP contribution in [0.25, 0.3) is 11.1 Å². The predicted molar refractivity (Wildman–Crippen MR) is 95.3 cm³/mol. The first-order chi connectivity index (χ1) is 12.4. The molecule has 3 rings (SSSR count). The van der Waals surface area contributed by atoms with E-state index >= 15 is 0 Å². The summed E-state index contributed by atoms with van der Waals surface area (Å²) in [5.41, 5.74) is 5.86. The molecule has 138 valence electrons. The van der Waals surface area contributed by atoms with Gasteiger partial charge < -0.3 is 11.1 Å². The van der Waals surface area contributed by atoms with Crippen LogP contribution in [-0.2, 0) is 6.18 Å². The van der Waals surface area contributed by atoms with Crippen LogP contribution in [-0.4, -0.2) is 34.1 Å². The first kappa shape index (κ1) is 18.2. The Balaban J connectivity index is 1.96. The quantitative estimate of drug-likeness (QED) is 0.792. The molecule has 0 aliphatic carbocycles. The van der Waals surface area contributed by atoms with E-state index in [9.17, 15) is 13.2 Å². The minimum absolute atomic E-state index is 0.0103. The van der Waals surface area contributed by atoms with E-state index in [4.69, 9.17) is 5.73 Å². The highest BCUT2D eigenvalue weighted by Gasteiger charge is 2.30. The van der Waals surface area contributed by atoms with Gasteiger partial charge in [-0.2, -0.15) is 18.2 Å². The number of hydrogen-bond donors (Lipinski definition) is 2. The topological polar surface area (TPSA) is 67.1 Å². The van der Waals surface area contributed by atoms with Crippen molar-refractivity contribution in [1.29, 1.82) is 0 Å². The average molecular weight is 363 g/mol. The van der Waals surface area contributed by atoms with Crippen LogP contribution >= 0.6 is 0 Å². The summed E-state index contributed by atoms with van der Waals surface area (Å²) in [4.78, 5) is 10.4. The number of alkyl halides is 3. The number of halogens is 3. The van der Waals surface area contributed by atoms with Gasteiger partial charge in [-0.15, -0.1) is 0 Å². The zero-order valence-electron chi connectivity index (χ0n) is 14.3. The van der Waals surface area contributed by atoms with Crippen molar-refractivity contribution < 1.29 is 13.2 Å². The summed E-state index contributed by atoms with van der Waals surface area (Å²) in [6.07, 6.45) is 1.98. The van der Waals surface area contributed by atoms with Crippen molar-refractivity contribution in [3.63, 3.8) is 0 Å². The van der Waals surface area contributed by atoms with Gasteiger partial charge in [-0.05, 0) is 24.1 Å². The van der Waals surface area contributed by atoms with Gasteiger partial charge in [-0.1, -0.05) is 31.2 Å². The molecular formula is C18H20F3N5. The molecular weight excluding hydrogens is 343 g/mol. The van der Waals surface area contributed by atoms with Crippen LogP contribution in [0.4, 0.5) is 24.9 Å². The van der Waals surface area contributed by atoms with Crippen molar-refractivity contribution in [3.8, 4) is 11.1 Å². The largest absolute Gasteiger partial charge is 0.416 e. The smallest absolute Gasteiger partial charge is 0.368 e. The minimum atomic E-state index is -4.41. The summed E-state index contributed by atoms with van der Waals surface area (Å²) >= 11 is 0. The van der Waals surface area contributed by atoms with Crippen molar-refractivity contribution in [3.05, 3.63) is 48.2 Å². The first-order valence-corrected chi connectivity index (χ1v) is 8.34. The molecule has 0 fully saturated rings. The van der Waals surface area contributed by atoms with Gasteiger partial charge in [0.2, 0.25) is 5.95 Å². The van der Waals surface area contributed by atoms with Gasteiger partial charge in [0.15, 0.2) is 0 Å². The fourth-order valence-corrected chi connectivity index (χ4v) is 2.94. The van der Waals surface area contributed by atoms with E-state index in [1.165, 1.54) is 12.3 Å². The highest BCUT2D eigenvalue weighted by Crippen LogP contribution is 2.34. The second kappa shape index (κ2) is 7.33. The van der Waals surface area contributed by atoms with Gasteiger partial charge >= 0.3 is 6.18 Å². The first-order valence-electron chi connectivity index (χ1n) is 8.34. The zero-order valence-corrected chi connectivity index (χ0v) is 14.3. The van der Waals surface area contributed by atoms with Crippen molar-refractivity contribution in [2.24, 2.45) is 0 Å². The molecule has 0 amide bonds. The monoisotopic (exact) mass is 363 g/mol. The molecule has 5 nitrogen and oxygen atoms in total. The number of nitrogen functional groups attached to an aromatic ring is 1. The standard InChI is InChI=1S/C18H20F3N5/c1-2-15(26-8-3-4-9-26)24-16-14(11-23-17(22)25-16)12-6-5-7-13(10-12)18(19,20)21/h3-7,10-11,15H,2,8-9H2,1H3,(H3,22,23,24,25). The summed E-state index contributed by atoms with van der Waals surface area (Å²) < 4.78 is 39.1. The highest BCUT2D eigenvalue weighted by atomic mass is 19.4. The van der Waals surface area contributed by atoms with Crippen molar-refractivity contribution in [1.82, 2.24) is 14.9 Å². The molecule has 2 aromatic rings. The lowest BCUT2D eigenvalue weighted by atomic mass is 10.0. The summed E-state index contributed by atoms with van der Waals surface area (Å²) in [6, 6.07) is 5.12. The number of nitrogens with zero attached hydrogens (tertiary/aromatic N) is 3. The Morgan fingerprint density at radius 1 is 1.27 bits per heavy atom. The maximum atomic E-state index is 13.0. The van der Waals surface area contributed by atoms with Gasteiger partial charge in [0.05, 0.1) is 11.7 Å². The molecule has 1 aromatic heterocycles. The highest BCUT2D eigenvalue weighted by molar-refractivity contribution is 5.75. The molecule has 1 atom stereocenters. The lowest BCUT2D eigenvalue weighted by molar-refractivity contribution is -0.137. The van der Waals surface area contributed by atoms with Gasteiger partial charge in [-0.25, -0.2) is 4.98 Å². The Labute approximate surface area is 149 Å². The Morgan fingerprint density at radius 2 is 2.00 bits per heavy atom. The van der Waals surface area contributed by atoms with E-state index in [1.54, 1.807) is 6.07 Å². The van der Waals surface area contributed by atoms with Crippen LogP contribution < -0.4 is 11.1 Å². The molecule has 26 heavy (non-hydrogen) atoms. The number of aromatic nitrogens is 2. The number of benzene rings is 1. The Morgan fingerprint density at radius 3 is 2.65 bits per heavy atom. The van der Waals surface area contributed by atoms with Crippen LogP contribution in [0.3, 0.4) is 0 Å². The second-order valence-corrected chi connectivity index (χ2v) is 6.06. The number of nitrogens with two attached hydrogens (primary N) is 1. The number of nitrogens with one attached hydrogen (secondary N) is 1. The maximum Gasteiger partial charge on any atom is 0.416 e. The molecule has 3 N–H and O–H groups in total. The number of anilines is 2. The third kappa shape index (κ3) is 3.96. The van der Waals surface area contributed by atoms with E-state index in [0.717, 1.165) is 31.6 Å². The van der Waals surface area contributed by atoms with Crippen molar-refractivity contribution in [2.75, 3.05) is 24.1 Å². The summed E-state index contributed by atoms with van der Waals surface area (Å²) in [6.45, 7) is 3.65. The molecule has 0 saturated carbocycles. The molecule has 1 aliphatic rings. The molecule has 1 aromatic carbocycles. The summed E-state index contributed by atoms with van der Waals surface area (Å²) in [7, 11) is 0. The van der Waals surface area contributed by atoms with Crippen molar-refractivity contribution in [2.45, 2.75) is 25.7 Å². The van der Waals surface area contributed by atoms with Gasteiger partial charge in [0.25, 0.3) is 0 Å². The minimum Gasteiger partial charge on any atom is -0.368 e. The molecule has 1 unspecified atom stereocenters. The molecule has 0 spiro atoms. The Hall–Kier alpha value is -2.61. The molecule has 1 aliphatic heterocycles. The summed E-state index contributed by atoms with van der Waals surface area (Å²) in [5, 5.41) is 3.31. The molecule has 0 bridgehead atoms. The maximum absolute atomic E-state index is 13.0. The second-order valence-electron chi connectivity index (χ2n) is 6.06. The summed E-state index contributed by atoms with van der Waals surface area (Å²) in [5.74, 6) is 0.494.